The fraction of sp³-hybridized carbons (Fsp3) is 0.167. The number of nitrogens with zero attached hydrogens (tertiary/aromatic N) is 2. The summed E-state index contributed by atoms with van der Waals surface area (Å²) < 4.78 is 5.37. The largest absolute Gasteiger partial charge is 0.460 e. The molecule has 0 aliphatic carbocycles. The molecule has 0 radical (unpaired) electrons. The third kappa shape index (κ3) is 1.27. The van der Waals surface area contributed by atoms with E-state index >= 15 is 0 Å². The van der Waals surface area contributed by atoms with Crippen molar-refractivity contribution in [2.45, 2.75) is 13.2 Å². The molecule has 1 aliphatic rings. The number of hydrogen-bond donors (Lipinski definition) is 1. The minimum Gasteiger partial charge on any atom is -0.460 e. The SMILES string of the molecule is Cc1ncc2c(n1)-c1ccccc1O[C@H]2O. The molecule has 0 saturated heterocycles. The van der Waals surface area contributed by atoms with Crippen molar-refractivity contribution < 1.29 is 9.84 Å². The first-order valence-electron chi connectivity index (χ1n) is 5.03. The summed E-state index contributed by atoms with van der Waals surface area (Å²) in [5.41, 5.74) is 2.26. The van der Waals surface area contributed by atoms with E-state index in [-0.39, 0.29) is 0 Å². The fourth-order valence-electron chi connectivity index (χ4n) is 1.82. The highest BCUT2D eigenvalue weighted by Gasteiger charge is 2.25. The number of ether oxygens (including phenoxy) is 1. The van der Waals surface area contributed by atoms with Crippen LogP contribution in [0.2, 0.25) is 0 Å². The summed E-state index contributed by atoms with van der Waals surface area (Å²) in [4.78, 5) is 8.42. The van der Waals surface area contributed by atoms with Crippen LogP contribution >= 0.6 is 0 Å². The molecule has 1 aromatic carbocycles. The molecule has 1 aromatic heterocycles. The Kier molecular flexibility index (Phi) is 1.91. The van der Waals surface area contributed by atoms with Gasteiger partial charge in [-0.15, -0.1) is 0 Å². The molecule has 16 heavy (non-hydrogen) atoms. The van der Waals surface area contributed by atoms with Crippen molar-refractivity contribution in [3.05, 3.63) is 41.9 Å². The number of aromatic nitrogens is 2. The van der Waals surface area contributed by atoms with Gasteiger partial charge in [0.25, 0.3) is 0 Å². The number of aliphatic hydroxyl groups excluding tert-OH is 1. The zero-order valence-electron chi connectivity index (χ0n) is 8.71. The van der Waals surface area contributed by atoms with Crippen LogP contribution in [0.1, 0.15) is 17.7 Å². The first-order chi connectivity index (χ1) is 7.75. The van der Waals surface area contributed by atoms with Crippen LogP contribution in [0, 0.1) is 6.92 Å². The van der Waals surface area contributed by atoms with Gasteiger partial charge in [0.05, 0.1) is 11.3 Å². The third-order valence-electron chi connectivity index (χ3n) is 2.58. The molecule has 80 valence electrons. The minimum atomic E-state index is -0.981. The van der Waals surface area contributed by atoms with Gasteiger partial charge in [0.1, 0.15) is 11.6 Å². The molecule has 0 spiro atoms. The van der Waals surface area contributed by atoms with Gasteiger partial charge in [0, 0.05) is 11.8 Å². The molecular formula is C12H10N2O2. The van der Waals surface area contributed by atoms with E-state index in [1.165, 1.54) is 0 Å². The Hall–Kier alpha value is -1.94. The lowest BCUT2D eigenvalue weighted by atomic mass is 10.0. The summed E-state index contributed by atoms with van der Waals surface area (Å²) in [7, 11) is 0. The smallest absolute Gasteiger partial charge is 0.227 e. The van der Waals surface area contributed by atoms with Crippen LogP contribution in [-0.4, -0.2) is 15.1 Å². The molecule has 1 atom stereocenters. The number of aliphatic hydroxyl groups is 1. The van der Waals surface area contributed by atoms with Gasteiger partial charge in [-0.05, 0) is 19.1 Å². The van der Waals surface area contributed by atoms with Crippen LogP contribution in [0.25, 0.3) is 11.3 Å². The summed E-state index contributed by atoms with van der Waals surface area (Å²) >= 11 is 0. The highest BCUT2D eigenvalue weighted by atomic mass is 16.6. The van der Waals surface area contributed by atoms with E-state index < -0.39 is 6.29 Å². The van der Waals surface area contributed by atoms with Crippen LogP contribution in [0.5, 0.6) is 5.75 Å². The normalized spacial score (nSPS) is 17.2. The summed E-state index contributed by atoms with van der Waals surface area (Å²) in [5.74, 6) is 1.34. The van der Waals surface area contributed by atoms with E-state index in [4.69, 9.17) is 4.74 Å². The van der Waals surface area contributed by atoms with Crippen molar-refractivity contribution in [3.63, 3.8) is 0 Å². The summed E-state index contributed by atoms with van der Waals surface area (Å²) in [6.07, 6.45) is 0.628. The molecular weight excluding hydrogens is 204 g/mol. The van der Waals surface area contributed by atoms with E-state index in [2.05, 4.69) is 9.97 Å². The van der Waals surface area contributed by atoms with Crippen molar-refractivity contribution >= 4 is 0 Å². The Balaban J connectivity index is 2.30. The second-order valence-corrected chi connectivity index (χ2v) is 3.69. The van der Waals surface area contributed by atoms with Crippen molar-refractivity contribution in [2.75, 3.05) is 0 Å². The average Bonchev–Trinajstić information content (AvgIpc) is 2.29. The molecule has 1 N–H and O–H groups in total. The Morgan fingerprint density at radius 1 is 1.31 bits per heavy atom. The number of rotatable bonds is 0. The molecule has 2 heterocycles. The standard InChI is InChI=1S/C12H10N2O2/c1-7-13-6-9-11(14-7)8-4-2-3-5-10(8)16-12(9)15/h2-6,12,15H,1H3/t12-/m1/s1. The number of aryl methyl sites for hydroxylation is 1. The summed E-state index contributed by atoms with van der Waals surface area (Å²) in [6, 6.07) is 7.52. The van der Waals surface area contributed by atoms with Gasteiger partial charge in [-0.2, -0.15) is 0 Å². The fourth-order valence-corrected chi connectivity index (χ4v) is 1.82. The Bertz CT molecular complexity index is 554. The minimum absolute atomic E-state index is 0.615. The summed E-state index contributed by atoms with van der Waals surface area (Å²) in [6.45, 7) is 1.82. The molecule has 4 heteroatoms. The topological polar surface area (TPSA) is 55.2 Å². The maximum absolute atomic E-state index is 9.80. The average molecular weight is 214 g/mol. The van der Waals surface area contributed by atoms with Crippen molar-refractivity contribution in [2.24, 2.45) is 0 Å². The van der Waals surface area contributed by atoms with Crippen LogP contribution in [0.3, 0.4) is 0 Å². The van der Waals surface area contributed by atoms with E-state index in [1.54, 1.807) is 6.20 Å². The lowest BCUT2D eigenvalue weighted by molar-refractivity contribution is -0.0219. The van der Waals surface area contributed by atoms with E-state index in [0.29, 0.717) is 17.1 Å². The van der Waals surface area contributed by atoms with Crippen LogP contribution in [0.15, 0.2) is 30.5 Å². The molecule has 0 amide bonds. The lowest BCUT2D eigenvalue weighted by Crippen LogP contribution is -2.15. The second-order valence-electron chi connectivity index (χ2n) is 3.69. The van der Waals surface area contributed by atoms with Gasteiger partial charge in [-0.3, -0.25) is 0 Å². The molecule has 2 aromatic rings. The van der Waals surface area contributed by atoms with Gasteiger partial charge in [0.2, 0.25) is 6.29 Å². The number of benzene rings is 1. The first-order valence-corrected chi connectivity index (χ1v) is 5.03. The number of para-hydroxylation sites is 1. The van der Waals surface area contributed by atoms with Gasteiger partial charge >= 0.3 is 0 Å². The van der Waals surface area contributed by atoms with Gasteiger partial charge < -0.3 is 9.84 Å². The number of hydrogen-bond acceptors (Lipinski definition) is 4. The zero-order chi connectivity index (χ0) is 11.1. The predicted molar refractivity (Wildman–Crippen MR) is 57.8 cm³/mol. The van der Waals surface area contributed by atoms with E-state index in [9.17, 15) is 5.11 Å². The zero-order valence-corrected chi connectivity index (χ0v) is 8.71. The highest BCUT2D eigenvalue weighted by molar-refractivity contribution is 5.71. The van der Waals surface area contributed by atoms with Crippen molar-refractivity contribution in [3.8, 4) is 17.0 Å². The van der Waals surface area contributed by atoms with Crippen molar-refractivity contribution in [1.29, 1.82) is 0 Å². The van der Waals surface area contributed by atoms with Gasteiger partial charge in [-0.25, -0.2) is 9.97 Å². The predicted octanol–water partition coefficient (Wildman–Crippen LogP) is 1.84. The second kappa shape index (κ2) is 3.28. The van der Waals surface area contributed by atoms with Gasteiger partial charge in [-0.1, -0.05) is 12.1 Å². The lowest BCUT2D eigenvalue weighted by Gasteiger charge is -2.23. The van der Waals surface area contributed by atoms with Crippen LogP contribution < -0.4 is 4.74 Å². The first kappa shape index (κ1) is 9.30. The third-order valence-corrected chi connectivity index (χ3v) is 2.58. The maximum atomic E-state index is 9.80. The summed E-state index contributed by atoms with van der Waals surface area (Å²) in [5, 5.41) is 9.80. The van der Waals surface area contributed by atoms with E-state index in [0.717, 1.165) is 11.3 Å². The van der Waals surface area contributed by atoms with E-state index in [1.807, 2.05) is 31.2 Å². The van der Waals surface area contributed by atoms with Gasteiger partial charge in [0.15, 0.2) is 0 Å². The Morgan fingerprint density at radius 2 is 2.12 bits per heavy atom. The molecule has 0 fully saturated rings. The highest BCUT2D eigenvalue weighted by Crippen LogP contribution is 2.39. The molecule has 0 bridgehead atoms. The van der Waals surface area contributed by atoms with Crippen LogP contribution in [-0.2, 0) is 0 Å². The monoisotopic (exact) mass is 214 g/mol. The van der Waals surface area contributed by atoms with Crippen LogP contribution in [0.4, 0.5) is 0 Å². The molecule has 0 unspecified atom stereocenters. The molecule has 3 rings (SSSR count). The number of fused-ring (bicyclic) bond motifs is 3. The quantitative estimate of drug-likeness (QED) is 0.727. The maximum Gasteiger partial charge on any atom is 0.227 e. The molecule has 4 nitrogen and oxygen atoms in total. The Morgan fingerprint density at radius 3 is 3.00 bits per heavy atom. The molecule has 0 saturated carbocycles. The Labute approximate surface area is 92.6 Å². The van der Waals surface area contributed by atoms with Crippen molar-refractivity contribution in [1.82, 2.24) is 9.97 Å². The molecule has 1 aliphatic heterocycles.